The lowest BCUT2D eigenvalue weighted by molar-refractivity contribution is -0.139. The van der Waals surface area contributed by atoms with Gasteiger partial charge < -0.3 is 9.30 Å². The standard InChI is InChI=1S/C31H31N3O3S/c1-6-16-33-18-23(24-10-8-9-11-25(24)33)17-26-29(35)34-28(22-14-12-21(13-15-22)19(3)4)27(30(36)37-7-2)20(5)32-31(34)38-26/h6,8-15,17-19,28H,1,7,16H2,2-5H3/t28-/m1/s1. The van der Waals surface area contributed by atoms with Gasteiger partial charge in [-0.3, -0.25) is 9.36 Å². The Morgan fingerprint density at radius 2 is 1.92 bits per heavy atom. The van der Waals surface area contributed by atoms with Gasteiger partial charge in [0.1, 0.15) is 0 Å². The van der Waals surface area contributed by atoms with Crippen LogP contribution in [0.3, 0.4) is 0 Å². The van der Waals surface area contributed by atoms with E-state index in [0.717, 1.165) is 22.0 Å². The highest BCUT2D eigenvalue weighted by atomic mass is 32.1. The average molecular weight is 526 g/mol. The number of esters is 1. The average Bonchev–Trinajstić information content (AvgIpc) is 3.40. The highest BCUT2D eigenvalue weighted by molar-refractivity contribution is 7.07. The first-order valence-corrected chi connectivity index (χ1v) is 13.6. The van der Waals surface area contributed by atoms with Crippen LogP contribution < -0.4 is 14.9 Å². The minimum atomic E-state index is -0.615. The van der Waals surface area contributed by atoms with Crippen molar-refractivity contribution in [3.8, 4) is 0 Å². The maximum atomic E-state index is 14.0. The van der Waals surface area contributed by atoms with E-state index >= 15 is 0 Å². The van der Waals surface area contributed by atoms with Crippen LogP contribution in [0.1, 0.15) is 56.3 Å². The molecular formula is C31H31N3O3S. The quantitative estimate of drug-likeness (QED) is 0.250. The molecule has 7 heteroatoms. The molecule has 0 saturated carbocycles. The van der Waals surface area contributed by atoms with Gasteiger partial charge in [0, 0.05) is 29.2 Å². The van der Waals surface area contributed by atoms with Crippen LogP contribution in [-0.2, 0) is 16.1 Å². The van der Waals surface area contributed by atoms with Gasteiger partial charge in [0.2, 0.25) is 0 Å². The van der Waals surface area contributed by atoms with Crippen molar-refractivity contribution in [2.45, 2.75) is 46.2 Å². The Hall–Kier alpha value is -3.97. The Morgan fingerprint density at radius 1 is 1.18 bits per heavy atom. The molecule has 0 unspecified atom stereocenters. The summed E-state index contributed by atoms with van der Waals surface area (Å²) < 4.78 is 9.73. The number of hydrogen-bond acceptors (Lipinski definition) is 5. The zero-order valence-electron chi connectivity index (χ0n) is 22.1. The van der Waals surface area contributed by atoms with E-state index in [1.165, 1.54) is 16.9 Å². The van der Waals surface area contributed by atoms with Crippen LogP contribution in [0, 0.1) is 0 Å². The Morgan fingerprint density at radius 3 is 2.61 bits per heavy atom. The van der Waals surface area contributed by atoms with Crippen LogP contribution in [0.15, 0.2) is 88.4 Å². The number of benzene rings is 2. The predicted molar refractivity (Wildman–Crippen MR) is 153 cm³/mol. The van der Waals surface area contributed by atoms with Crippen LogP contribution in [0.5, 0.6) is 0 Å². The lowest BCUT2D eigenvalue weighted by atomic mass is 9.93. The second-order valence-electron chi connectivity index (χ2n) is 9.67. The number of ether oxygens (including phenoxy) is 1. The molecule has 1 aliphatic heterocycles. The molecule has 6 nitrogen and oxygen atoms in total. The van der Waals surface area contributed by atoms with Gasteiger partial charge in [0.05, 0.1) is 28.5 Å². The van der Waals surface area contributed by atoms with E-state index < -0.39 is 12.0 Å². The summed E-state index contributed by atoms with van der Waals surface area (Å²) in [5.41, 5.74) is 4.85. The molecule has 0 saturated heterocycles. The molecule has 0 radical (unpaired) electrons. The third kappa shape index (κ3) is 4.47. The van der Waals surface area contributed by atoms with Crippen molar-refractivity contribution in [3.63, 3.8) is 0 Å². The zero-order chi connectivity index (χ0) is 27.0. The number of carbonyl (C=O) groups excluding carboxylic acids is 1. The summed E-state index contributed by atoms with van der Waals surface area (Å²) in [5, 5.41) is 1.06. The van der Waals surface area contributed by atoms with Crippen molar-refractivity contribution >= 4 is 34.3 Å². The van der Waals surface area contributed by atoms with E-state index in [0.29, 0.717) is 33.1 Å². The number of carbonyl (C=O) groups is 1. The first-order chi connectivity index (χ1) is 18.3. The predicted octanol–water partition coefficient (Wildman–Crippen LogP) is 5.06. The topological polar surface area (TPSA) is 65.6 Å². The second-order valence-corrected chi connectivity index (χ2v) is 10.7. The largest absolute Gasteiger partial charge is 0.463 e. The summed E-state index contributed by atoms with van der Waals surface area (Å²) >= 11 is 1.34. The van der Waals surface area contributed by atoms with Crippen molar-refractivity contribution in [3.05, 3.63) is 115 Å². The first kappa shape index (κ1) is 25.7. The van der Waals surface area contributed by atoms with Gasteiger partial charge >= 0.3 is 5.97 Å². The summed E-state index contributed by atoms with van der Waals surface area (Å²) in [5.74, 6) is -0.0791. The molecule has 0 fully saturated rings. The summed E-state index contributed by atoms with van der Waals surface area (Å²) in [6.45, 7) is 12.6. The Labute approximate surface area is 225 Å². The van der Waals surface area contributed by atoms with Crippen molar-refractivity contribution in [1.29, 1.82) is 0 Å². The molecule has 1 aliphatic rings. The fraction of sp³-hybridized carbons (Fsp3) is 0.258. The Balaban J connectivity index is 1.72. The monoisotopic (exact) mass is 525 g/mol. The molecule has 0 spiro atoms. The number of para-hydroxylation sites is 1. The van der Waals surface area contributed by atoms with E-state index in [1.54, 1.807) is 11.5 Å². The third-order valence-electron chi connectivity index (χ3n) is 6.87. The minimum Gasteiger partial charge on any atom is -0.463 e. The number of fused-ring (bicyclic) bond motifs is 2. The van der Waals surface area contributed by atoms with Crippen molar-refractivity contribution in [1.82, 2.24) is 9.13 Å². The van der Waals surface area contributed by atoms with Crippen LogP contribution in [-0.4, -0.2) is 21.7 Å². The maximum absolute atomic E-state index is 14.0. The van der Waals surface area contributed by atoms with Gasteiger partial charge in [-0.05, 0) is 43.0 Å². The van der Waals surface area contributed by atoms with Gasteiger partial charge in [-0.1, -0.05) is 73.7 Å². The lowest BCUT2D eigenvalue weighted by Crippen LogP contribution is -2.39. The van der Waals surface area contributed by atoms with E-state index in [4.69, 9.17) is 9.73 Å². The number of rotatable bonds is 7. The summed E-state index contributed by atoms with van der Waals surface area (Å²) in [4.78, 5) is 32.4. The molecule has 5 rings (SSSR count). The van der Waals surface area contributed by atoms with Gasteiger partial charge in [0.15, 0.2) is 4.80 Å². The molecule has 0 aliphatic carbocycles. The number of allylic oxidation sites excluding steroid dienone is 2. The molecule has 194 valence electrons. The second kappa shape index (κ2) is 10.4. The van der Waals surface area contributed by atoms with Crippen LogP contribution >= 0.6 is 11.3 Å². The molecule has 1 atom stereocenters. The molecule has 38 heavy (non-hydrogen) atoms. The molecule has 0 amide bonds. The fourth-order valence-electron chi connectivity index (χ4n) is 4.99. The smallest absolute Gasteiger partial charge is 0.338 e. The van der Waals surface area contributed by atoms with Crippen LogP contribution in [0.4, 0.5) is 0 Å². The van der Waals surface area contributed by atoms with Crippen molar-refractivity contribution in [2.75, 3.05) is 6.61 Å². The first-order valence-electron chi connectivity index (χ1n) is 12.8. The normalized spacial score (nSPS) is 15.6. The number of aromatic nitrogens is 2. The summed E-state index contributed by atoms with van der Waals surface area (Å²) in [7, 11) is 0. The third-order valence-corrected chi connectivity index (χ3v) is 7.85. The van der Waals surface area contributed by atoms with Gasteiger partial charge in [-0.15, -0.1) is 6.58 Å². The number of thiazole rings is 1. The van der Waals surface area contributed by atoms with Gasteiger partial charge in [0.25, 0.3) is 5.56 Å². The highest BCUT2D eigenvalue weighted by Crippen LogP contribution is 2.31. The lowest BCUT2D eigenvalue weighted by Gasteiger charge is -2.25. The molecule has 3 heterocycles. The van der Waals surface area contributed by atoms with E-state index in [1.807, 2.05) is 49.5 Å². The molecular weight excluding hydrogens is 494 g/mol. The molecule has 2 aromatic carbocycles. The Kier molecular flexibility index (Phi) is 7.04. The zero-order valence-corrected chi connectivity index (χ0v) is 22.9. The van der Waals surface area contributed by atoms with Crippen molar-refractivity contribution in [2.24, 2.45) is 4.99 Å². The maximum Gasteiger partial charge on any atom is 0.338 e. The van der Waals surface area contributed by atoms with E-state index in [9.17, 15) is 9.59 Å². The number of nitrogens with zero attached hydrogens (tertiary/aromatic N) is 3. The SMILES string of the molecule is C=CCn1cc(C=c2sc3n(c2=O)[C@H](c2ccc(C(C)C)cc2)C(C(=O)OCC)=C(C)N=3)c2ccccc21. The van der Waals surface area contributed by atoms with Crippen LogP contribution in [0.2, 0.25) is 0 Å². The fourth-order valence-corrected chi connectivity index (χ4v) is 6.03. The van der Waals surface area contributed by atoms with E-state index in [-0.39, 0.29) is 12.2 Å². The van der Waals surface area contributed by atoms with Crippen molar-refractivity contribution < 1.29 is 9.53 Å². The Bertz CT molecular complexity index is 1750. The summed E-state index contributed by atoms with van der Waals surface area (Å²) in [6, 6.07) is 15.6. The van der Waals surface area contributed by atoms with Crippen LogP contribution in [0.25, 0.3) is 17.0 Å². The van der Waals surface area contributed by atoms with Gasteiger partial charge in [-0.2, -0.15) is 0 Å². The summed E-state index contributed by atoms with van der Waals surface area (Å²) in [6.07, 6.45) is 5.82. The number of hydrogen-bond donors (Lipinski definition) is 0. The molecule has 0 N–H and O–H groups in total. The van der Waals surface area contributed by atoms with Gasteiger partial charge in [-0.25, -0.2) is 9.79 Å². The molecule has 2 aromatic heterocycles. The highest BCUT2D eigenvalue weighted by Gasteiger charge is 2.33. The minimum absolute atomic E-state index is 0.179. The molecule has 0 bridgehead atoms. The van der Waals surface area contributed by atoms with E-state index in [2.05, 4.69) is 49.3 Å². The molecule has 4 aromatic rings.